The van der Waals surface area contributed by atoms with Crippen molar-refractivity contribution in [2.45, 2.75) is 25.7 Å². The normalized spacial score (nSPS) is 15.1. The van der Waals surface area contributed by atoms with Gasteiger partial charge in [0.15, 0.2) is 0 Å². The van der Waals surface area contributed by atoms with Crippen molar-refractivity contribution in [2.75, 3.05) is 9.80 Å². The number of hydrogen-bond acceptors (Lipinski definition) is 2. The molecule has 0 saturated carbocycles. The van der Waals surface area contributed by atoms with E-state index < -0.39 is 0 Å². The Labute approximate surface area is 205 Å². The number of halogens is 1. The van der Waals surface area contributed by atoms with Crippen LogP contribution in [0.5, 0.6) is 0 Å². The fourth-order valence-electron chi connectivity index (χ4n) is 4.44. The summed E-state index contributed by atoms with van der Waals surface area (Å²) in [4.78, 5) is 4.73. The molecule has 5 rings (SSSR count). The summed E-state index contributed by atoms with van der Waals surface area (Å²) in [5, 5.41) is 0. The minimum Gasteiger partial charge on any atom is -0.314 e. The standard InChI is InChI=1S/C30H27BrN2/c31-24-21-29(32(25-13-5-1-6-14-25)26-15-7-2-8-16-26)23-30(22-24)33(27-17-9-3-10-18-27)28-19-11-4-12-20-28/h1-3,5-7,9-11,13-15,17-23H,4,8,12,16H2. The average Bonchev–Trinajstić information content (AvgIpc) is 2.87. The molecule has 0 fully saturated rings. The first kappa shape index (κ1) is 21.5. The lowest BCUT2D eigenvalue weighted by molar-refractivity contribution is 0.917. The number of allylic oxidation sites excluding steroid dienone is 7. The number of para-hydroxylation sites is 2. The predicted octanol–water partition coefficient (Wildman–Crippen LogP) is 9.19. The number of benzene rings is 3. The van der Waals surface area contributed by atoms with Gasteiger partial charge in [-0.2, -0.15) is 0 Å². The van der Waals surface area contributed by atoms with Gasteiger partial charge in [0.1, 0.15) is 0 Å². The maximum atomic E-state index is 3.82. The quantitative estimate of drug-likeness (QED) is 0.336. The highest BCUT2D eigenvalue weighted by Gasteiger charge is 2.20. The molecule has 0 spiro atoms. The summed E-state index contributed by atoms with van der Waals surface area (Å²) in [6.45, 7) is 0. The second-order valence-electron chi connectivity index (χ2n) is 8.24. The van der Waals surface area contributed by atoms with E-state index in [1.54, 1.807) is 0 Å². The van der Waals surface area contributed by atoms with E-state index in [0.29, 0.717) is 0 Å². The Balaban J connectivity index is 1.65. The van der Waals surface area contributed by atoms with Gasteiger partial charge in [-0.25, -0.2) is 0 Å². The van der Waals surface area contributed by atoms with Crippen LogP contribution >= 0.6 is 15.9 Å². The van der Waals surface area contributed by atoms with Crippen molar-refractivity contribution in [3.8, 4) is 0 Å². The van der Waals surface area contributed by atoms with Gasteiger partial charge >= 0.3 is 0 Å². The second-order valence-corrected chi connectivity index (χ2v) is 9.16. The molecule has 3 aromatic carbocycles. The summed E-state index contributed by atoms with van der Waals surface area (Å²) in [6, 6.07) is 28.0. The van der Waals surface area contributed by atoms with Crippen molar-refractivity contribution in [1.29, 1.82) is 0 Å². The highest BCUT2D eigenvalue weighted by Crippen LogP contribution is 2.40. The zero-order chi connectivity index (χ0) is 22.5. The summed E-state index contributed by atoms with van der Waals surface area (Å²) in [5.41, 5.74) is 7.12. The Bertz CT molecular complexity index is 1220. The van der Waals surface area contributed by atoms with Crippen LogP contribution in [0.1, 0.15) is 25.7 Å². The Hall–Kier alpha value is -3.30. The first-order valence-corrected chi connectivity index (χ1v) is 12.3. The minimum absolute atomic E-state index is 1.02. The summed E-state index contributed by atoms with van der Waals surface area (Å²) in [6.07, 6.45) is 17.7. The van der Waals surface area contributed by atoms with Crippen molar-refractivity contribution >= 4 is 38.7 Å². The van der Waals surface area contributed by atoms with Gasteiger partial charge in [0.25, 0.3) is 0 Å². The van der Waals surface area contributed by atoms with Gasteiger partial charge in [-0.3, -0.25) is 0 Å². The molecule has 0 bridgehead atoms. The SMILES string of the molecule is Brc1cc(N(C2=CCCC=C2)c2ccccc2)cc(N(C2=CC=CCC2)c2ccccc2)c1. The summed E-state index contributed by atoms with van der Waals surface area (Å²) < 4.78 is 1.06. The Morgan fingerprint density at radius 3 is 1.91 bits per heavy atom. The summed E-state index contributed by atoms with van der Waals surface area (Å²) in [7, 11) is 0. The summed E-state index contributed by atoms with van der Waals surface area (Å²) in [5.74, 6) is 0. The molecule has 2 aliphatic carbocycles. The van der Waals surface area contributed by atoms with Gasteiger partial charge < -0.3 is 9.80 Å². The highest BCUT2D eigenvalue weighted by molar-refractivity contribution is 9.10. The highest BCUT2D eigenvalue weighted by atomic mass is 79.9. The molecule has 3 aromatic rings. The van der Waals surface area contributed by atoms with E-state index in [0.717, 1.165) is 47.2 Å². The van der Waals surface area contributed by atoms with E-state index in [1.807, 2.05) is 0 Å². The largest absolute Gasteiger partial charge is 0.314 e. The maximum absolute atomic E-state index is 3.82. The maximum Gasteiger partial charge on any atom is 0.0493 e. The Morgan fingerprint density at radius 1 is 0.636 bits per heavy atom. The van der Waals surface area contributed by atoms with Gasteiger partial charge in [-0.1, -0.05) is 76.6 Å². The molecule has 0 amide bonds. The first-order valence-electron chi connectivity index (χ1n) is 11.5. The third-order valence-electron chi connectivity index (χ3n) is 5.93. The molecule has 2 nitrogen and oxygen atoms in total. The van der Waals surface area contributed by atoms with Gasteiger partial charge in [0, 0.05) is 38.6 Å². The van der Waals surface area contributed by atoms with Crippen LogP contribution in [0.2, 0.25) is 0 Å². The van der Waals surface area contributed by atoms with Crippen molar-refractivity contribution < 1.29 is 0 Å². The number of anilines is 4. The predicted molar refractivity (Wildman–Crippen MR) is 144 cm³/mol. The van der Waals surface area contributed by atoms with Crippen LogP contribution in [-0.2, 0) is 0 Å². The van der Waals surface area contributed by atoms with Crippen molar-refractivity contribution in [2.24, 2.45) is 0 Å². The van der Waals surface area contributed by atoms with E-state index in [-0.39, 0.29) is 0 Å². The molecular formula is C30H27BrN2. The van der Waals surface area contributed by atoms with Crippen LogP contribution < -0.4 is 9.80 Å². The van der Waals surface area contributed by atoms with Crippen molar-refractivity contribution in [1.82, 2.24) is 0 Å². The third kappa shape index (κ3) is 4.89. The number of hydrogen-bond donors (Lipinski definition) is 0. The van der Waals surface area contributed by atoms with Crippen LogP contribution in [0, 0.1) is 0 Å². The molecule has 0 atom stereocenters. The topological polar surface area (TPSA) is 6.48 Å². The van der Waals surface area contributed by atoms with E-state index in [9.17, 15) is 0 Å². The molecule has 0 unspecified atom stereocenters. The van der Waals surface area contributed by atoms with Gasteiger partial charge in [0.05, 0.1) is 0 Å². The van der Waals surface area contributed by atoms with Gasteiger partial charge in [0.2, 0.25) is 0 Å². The molecule has 0 N–H and O–H groups in total. The average molecular weight is 495 g/mol. The molecule has 3 heteroatoms. The van der Waals surface area contributed by atoms with Crippen molar-refractivity contribution in [3.63, 3.8) is 0 Å². The third-order valence-corrected chi connectivity index (χ3v) is 6.38. The van der Waals surface area contributed by atoms with E-state index in [1.165, 1.54) is 17.1 Å². The lowest BCUT2D eigenvalue weighted by Crippen LogP contribution is -2.19. The smallest absolute Gasteiger partial charge is 0.0493 e. The molecule has 2 aliphatic rings. The van der Waals surface area contributed by atoms with Gasteiger partial charge in [-0.05, 0) is 80.3 Å². The fourth-order valence-corrected chi connectivity index (χ4v) is 4.91. The molecular weight excluding hydrogens is 468 g/mol. The van der Waals surface area contributed by atoms with Crippen LogP contribution in [0.15, 0.2) is 131 Å². The molecule has 0 aromatic heterocycles. The van der Waals surface area contributed by atoms with Crippen molar-refractivity contribution in [3.05, 3.63) is 131 Å². The number of rotatable bonds is 6. The minimum atomic E-state index is 1.02. The first-order chi connectivity index (χ1) is 16.3. The molecule has 33 heavy (non-hydrogen) atoms. The fraction of sp³-hybridized carbons (Fsp3) is 0.133. The van der Waals surface area contributed by atoms with Crippen LogP contribution in [-0.4, -0.2) is 0 Å². The molecule has 164 valence electrons. The van der Waals surface area contributed by atoms with Crippen LogP contribution in [0.3, 0.4) is 0 Å². The Morgan fingerprint density at radius 2 is 1.30 bits per heavy atom. The molecule has 0 aliphatic heterocycles. The van der Waals surface area contributed by atoms with E-state index in [4.69, 9.17) is 0 Å². The molecule has 0 radical (unpaired) electrons. The zero-order valence-electron chi connectivity index (χ0n) is 18.6. The zero-order valence-corrected chi connectivity index (χ0v) is 20.2. The summed E-state index contributed by atoms with van der Waals surface area (Å²) >= 11 is 3.82. The van der Waals surface area contributed by atoms with E-state index >= 15 is 0 Å². The lowest BCUT2D eigenvalue weighted by Gasteiger charge is -2.32. The molecule has 0 saturated heterocycles. The lowest BCUT2D eigenvalue weighted by atomic mass is 10.1. The monoisotopic (exact) mass is 494 g/mol. The second kappa shape index (κ2) is 10.1. The molecule has 0 heterocycles. The van der Waals surface area contributed by atoms with E-state index in [2.05, 4.69) is 141 Å². The van der Waals surface area contributed by atoms with Crippen LogP contribution in [0.4, 0.5) is 22.7 Å². The Kier molecular flexibility index (Phi) is 6.59. The number of nitrogens with zero attached hydrogens (tertiary/aromatic N) is 2. The van der Waals surface area contributed by atoms with Crippen LogP contribution in [0.25, 0.3) is 0 Å². The van der Waals surface area contributed by atoms with Gasteiger partial charge in [-0.15, -0.1) is 0 Å².